The first-order valence-corrected chi connectivity index (χ1v) is 5.81. The molecule has 1 amide bonds. The quantitative estimate of drug-likeness (QED) is 0.846. The molecule has 3 nitrogen and oxygen atoms in total. The van der Waals surface area contributed by atoms with Crippen LogP contribution in [0, 0.1) is 0 Å². The number of nitrogens with one attached hydrogen (secondary N) is 1. The standard InChI is InChI=1S/C13H16ClNO2/c1-3-17-12-6-4-11(5-7-12)8-13(16)15-9-10(2)14/h4-7H,2-3,8-9H2,1H3,(H,15,16). The highest BCUT2D eigenvalue weighted by Gasteiger charge is 2.03. The van der Waals surface area contributed by atoms with Gasteiger partial charge in [-0.3, -0.25) is 4.79 Å². The summed E-state index contributed by atoms with van der Waals surface area (Å²) in [6.07, 6.45) is 0.330. The lowest BCUT2D eigenvalue weighted by atomic mass is 10.1. The number of carbonyl (C=O) groups excluding carboxylic acids is 1. The average molecular weight is 254 g/mol. The largest absolute Gasteiger partial charge is 0.494 e. The van der Waals surface area contributed by atoms with Crippen molar-refractivity contribution in [2.45, 2.75) is 13.3 Å². The van der Waals surface area contributed by atoms with Gasteiger partial charge >= 0.3 is 0 Å². The van der Waals surface area contributed by atoms with Crippen molar-refractivity contribution in [2.75, 3.05) is 13.2 Å². The molecule has 0 saturated carbocycles. The maximum absolute atomic E-state index is 11.5. The molecule has 1 N–H and O–H groups in total. The van der Waals surface area contributed by atoms with E-state index in [9.17, 15) is 4.79 Å². The summed E-state index contributed by atoms with van der Waals surface area (Å²) in [5, 5.41) is 3.09. The zero-order valence-electron chi connectivity index (χ0n) is 9.83. The smallest absolute Gasteiger partial charge is 0.224 e. The zero-order valence-corrected chi connectivity index (χ0v) is 10.6. The molecule has 17 heavy (non-hydrogen) atoms. The van der Waals surface area contributed by atoms with E-state index in [1.54, 1.807) is 0 Å². The third-order valence-electron chi connectivity index (χ3n) is 2.08. The maximum atomic E-state index is 11.5. The summed E-state index contributed by atoms with van der Waals surface area (Å²) < 4.78 is 5.32. The minimum atomic E-state index is -0.0732. The second kappa shape index (κ2) is 6.97. The molecule has 0 aromatic heterocycles. The second-order valence-corrected chi connectivity index (χ2v) is 4.08. The molecule has 0 unspecified atom stereocenters. The van der Waals surface area contributed by atoms with Crippen LogP contribution < -0.4 is 10.1 Å². The molecule has 0 aliphatic rings. The van der Waals surface area contributed by atoms with E-state index in [2.05, 4.69) is 11.9 Å². The lowest BCUT2D eigenvalue weighted by molar-refractivity contribution is -0.120. The lowest BCUT2D eigenvalue weighted by Gasteiger charge is -2.06. The van der Waals surface area contributed by atoms with E-state index in [0.717, 1.165) is 11.3 Å². The minimum absolute atomic E-state index is 0.0732. The Kier molecular flexibility index (Phi) is 5.57. The molecular weight excluding hydrogens is 238 g/mol. The van der Waals surface area contributed by atoms with Gasteiger partial charge in [0.1, 0.15) is 5.75 Å². The number of ether oxygens (including phenoxy) is 1. The summed E-state index contributed by atoms with van der Waals surface area (Å²) in [6.45, 7) is 6.37. The van der Waals surface area contributed by atoms with Crippen LogP contribution in [0.5, 0.6) is 5.75 Å². The number of hydrogen-bond donors (Lipinski definition) is 1. The zero-order chi connectivity index (χ0) is 12.7. The van der Waals surface area contributed by atoms with E-state index >= 15 is 0 Å². The highest BCUT2D eigenvalue weighted by atomic mass is 35.5. The Labute approximate surface area is 106 Å². The SMILES string of the molecule is C=C(Cl)CNC(=O)Cc1ccc(OCC)cc1. The number of carbonyl (C=O) groups is 1. The van der Waals surface area contributed by atoms with Gasteiger partial charge in [-0.1, -0.05) is 30.3 Å². The van der Waals surface area contributed by atoms with Gasteiger partial charge in [0.25, 0.3) is 0 Å². The summed E-state index contributed by atoms with van der Waals surface area (Å²) in [5.74, 6) is 0.738. The van der Waals surface area contributed by atoms with Crippen molar-refractivity contribution < 1.29 is 9.53 Å². The van der Waals surface area contributed by atoms with E-state index < -0.39 is 0 Å². The topological polar surface area (TPSA) is 38.3 Å². The molecule has 1 aromatic carbocycles. The fourth-order valence-electron chi connectivity index (χ4n) is 1.31. The number of halogens is 1. The molecule has 0 radical (unpaired) electrons. The Morgan fingerprint density at radius 3 is 2.59 bits per heavy atom. The molecule has 0 saturated heterocycles. The van der Waals surface area contributed by atoms with Gasteiger partial charge in [-0.05, 0) is 24.6 Å². The predicted octanol–water partition coefficient (Wildman–Crippen LogP) is 2.50. The molecule has 1 rings (SSSR count). The van der Waals surface area contributed by atoms with Crippen LogP contribution in [0.2, 0.25) is 0 Å². The van der Waals surface area contributed by atoms with E-state index in [1.165, 1.54) is 0 Å². The molecule has 0 aliphatic carbocycles. The molecule has 0 spiro atoms. The van der Waals surface area contributed by atoms with Crippen LogP contribution in [0.4, 0.5) is 0 Å². The summed E-state index contributed by atoms with van der Waals surface area (Å²) >= 11 is 5.55. The third kappa shape index (κ3) is 5.41. The Balaban J connectivity index is 2.45. The van der Waals surface area contributed by atoms with Gasteiger partial charge in [0.15, 0.2) is 0 Å². The van der Waals surface area contributed by atoms with Crippen molar-refractivity contribution in [3.8, 4) is 5.75 Å². The summed E-state index contributed by atoms with van der Waals surface area (Å²) in [7, 11) is 0. The number of hydrogen-bond acceptors (Lipinski definition) is 2. The third-order valence-corrected chi connectivity index (χ3v) is 2.21. The van der Waals surface area contributed by atoms with Gasteiger partial charge in [0.05, 0.1) is 19.6 Å². The average Bonchev–Trinajstić information content (AvgIpc) is 2.29. The van der Waals surface area contributed by atoms with E-state index in [4.69, 9.17) is 16.3 Å². The Morgan fingerprint density at radius 2 is 2.06 bits per heavy atom. The summed E-state index contributed by atoms with van der Waals surface area (Å²) in [6, 6.07) is 7.46. The van der Waals surface area contributed by atoms with E-state index in [1.807, 2.05) is 31.2 Å². The van der Waals surface area contributed by atoms with Crippen LogP contribution in [0.3, 0.4) is 0 Å². The monoisotopic (exact) mass is 253 g/mol. The van der Waals surface area contributed by atoms with Crippen molar-refractivity contribution in [3.63, 3.8) is 0 Å². The number of rotatable bonds is 6. The predicted molar refractivity (Wildman–Crippen MR) is 69.3 cm³/mol. The van der Waals surface area contributed by atoms with Crippen LogP contribution >= 0.6 is 11.6 Å². The van der Waals surface area contributed by atoms with Gasteiger partial charge < -0.3 is 10.1 Å². The van der Waals surface area contributed by atoms with Crippen molar-refractivity contribution in [3.05, 3.63) is 41.4 Å². The molecule has 0 aliphatic heterocycles. The Morgan fingerprint density at radius 1 is 1.41 bits per heavy atom. The normalized spacial score (nSPS) is 9.76. The van der Waals surface area contributed by atoms with Crippen molar-refractivity contribution >= 4 is 17.5 Å². The molecular formula is C13H16ClNO2. The molecule has 1 aromatic rings. The Bertz CT molecular complexity index is 387. The molecule has 0 heterocycles. The molecule has 0 atom stereocenters. The summed E-state index contributed by atoms with van der Waals surface area (Å²) in [4.78, 5) is 11.5. The van der Waals surface area contributed by atoms with Crippen molar-refractivity contribution in [2.24, 2.45) is 0 Å². The van der Waals surface area contributed by atoms with Crippen LogP contribution in [0.25, 0.3) is 0 Å². The van der Waals surface area contributed by atoms with Crippen molar-refractivity contribution in [1.82, 2.24) is 5.32 Å². The molecule has 0 bridgehead atoms. The highest BCUT2D eigenvalue weighted by Crippen LogP contribution is 2.12. The summed E-state index contributed by atoms with van der Waals surface area (Å²) in [5.41, 5.74) is 0.936. The lowest BCUT2D eigenvalue weighted by Crippen LogP contribution is -2.26. The van der Waals surface area contributed by atoms with Crippen LogP contribution in [-0.2, 0) is 11.2 Å². The first kappa shape index (κ1) is 13.6. The van der Waals surface area contributed by atoms with Gasteiger partial charge in [-0.15, -0.1) is 0 Å². The van der Waals surface area contributed by atoms with E-state index in [0.29, 0.717) is 24.6 Å². The van der Waals surface area contributed by atoms with Crippen LogP contribution in [0.1, 0.15) is 12.5 Å². The number of amides is 1. The minimum Gasteiger partial charge on any atom is -0.494 e. The van der Waals surface area contributed by atoms with Gasteiger partial charge in [-0.2, -0.15) is 0 Å². The number of benzene rings is 1. The first-order chi connectivity index (χ1) is 8.11. The Hall–Kier alpha value is -1.48. The van der Waals surface area contributed by atoms with Crippen molar-refractivity contribution in [1.29, 1.82) is 0 Å². The maximum Gasteiger partial charge on any atom is 0.224 e. The van der Waals surface area contributed by atoms with Gasteiger partial charge in [-0.25, -0.2) is 0 Å². The van der Waals surface area contributed by atoms with Crippen LogP contribution in [-0.4, -0.2) is 19.1 Å². The second-order valence-electron chi connectivity index (χ2n) is 3.55. The fourth-order valence-corrected chi connectivity index (χ4v) is 1.38. The molecule has 4 heteroatoms. The first-order valence-electron chi connectivity index (χ1n) is 5.43. The molecule has 0 fully saturated rings. The van der Waals surface area contributed by atoms with E-state index in [-0.39, 0.29) is 5.91 Å². The highest BCUT2D eigenvalue weighted by molar-refractivity contribution is 6.29. The van der Waals surface area contributed by atoms with Gasteiger partial charge in [0.2, 0.25) is 5.91 Å². The van der Waals surface area contributed by atoms with Crippen LogP contribution in [0.15, 0.2) is 35.9 Å². The molecule has 92 valence electrons. The fraction of sp³-hybridized carbons (Fsp3) is 0.308. The van der Waals surface area contributed by atoms with Gasteiger partial charge in [0, 0.05) is 5.03 Å².